The highest BCUT2D eigenvalue weighted by molar-refractivity contribution is 5.89. The summed E-state index contributed by atoms with van der Waals surface area (Å²) in [6.45, 7) is 1.29. The third-order valence-electron chi connectivity index (χ3n) is 3.82. The highest BCUT2D eigenvalue weighted by atomic mass is 16.5. The lowest BCUT2D eigenvalue weighted by Crippen LogP contribution is -2.39. The van der Waals surface area contributed by atoms with E-state index in [1.54, 1.807) is 31.2 Å². The van der Waals surface area contributed by atoms with Crippen LogP contribution in [0, 0.1) is 5.21 Å². The Balaban J connectivity index is 2.00. The number of aromatic nitrogens is 3. The molecular formula is C19H17N3O6. The molecule has 9 nitrogen and oxygen atoms in total. The molecule has 144 valence electrons. The zero-order valence-electron chi connectivity index (χ0n) is 15.2. The van der Waals surface area contributed by atoms with Crippen LogP contribution in [0.4, 0.5) is 0 Å². The summed E-state index contributed by atoms with van der Waals surface area (Å²) in [6, 6.07) is 9.45. The maximum atomic E-state index is 12.8. The molecule has 3 aromatic rings. The summed E-state index contributed by atoms with van der Waals surface area (Å²) >= 11 is 0. The number of hydrogen-bond acceptors (Lipinski definition) is 8. The van der Waals surface area contributed by atoms with Gasteiger partial charge in [-0.3, -0.25) is 0 Å². The highest BCUT2D eigenvalue weighted by Gasteiger charge is 2.28. The van der Waals surface area contributed by atoms with Crippen LogP contribution in [0.1, 0.15) is 33.6 Å². The monoisotopic (exact) mass is 383 g/mol. The maximum Gasteiger partial charge on any atom is 0.407 e. The molecule has 3 rings (SSSR count). The number of carbonyl (C=O) groups is 2. The smallest absolute Gasteiger partial charge is 0.407 e. The van der Waals surface area contributed by atoms with E-state index in [1.165, 1.54) is 25.4 Å². The molecule has 0 spiro atoms. The first-order valence-electron chi connectivity index (χ1n) is 8.40. The summed E-state index contributed by atoms with van der Waals surface area (Å²) in [7, 11) is 1.46. The number of benzene rings is 1. The lowest BCUT2D eigenvalue weighted by Gasteiger charge is -2.12. The highest BCUT2D eigenvalue weighted by Crippen LogP contribution is 2.19. The Morgan fingerprint density at radius 1 is 1.14 bits per heavy atom. The second-order valence-electron chi connectivity index (χ2n) is 5.57. The van der Waals surface area contributed by atoms with Gasteiger partial charge in [-0.05, 0) is 31.2 Å². The first-order valence-corrected chi connectivity index (χ1v) is 8.40. The van der Waals surface area contributed by atoms with Gasteiger partial charge in [0.1, 0.15) is 23.6 Å². The minimum absolute atomic E-state index is 0.0182. The number of fused-ring (bicyclic) bond motifs is 1. The van der Waals surface area contributed by atoms with Gasteiger partial charge in [0.2, 0.25) is 5.52 Å². The predicted molar refractivity (Wildman–Crippen MR) is 96.6 cm³/mol. The van der Waals surface area contributed by atoms with E-state index in [-0.39, 0.29) is 29.2 Å². The van der Waals surface area contributed by atoms with Crippen LogP contribution in [-0.2, 0) is 16.1 Å². The minimum atomic E-state index is -0.862. The van der Waals surface area contributed by atoms with Crippen molar-refractivity contribution in [3.8, 4) is 5.75 Å². The molecule has 0 N–H and O–H groups in total. The molecule has 2 aromatic heterocycles. The van der Waals surface area contributed by atoms with Gasteiger partial charge in [0.05, 0.1) is 19.8 Å². The molecule has 2 heterocycles. The lowest BCUT2D eigenvalue weighted by atomic mass is 10.2. The summed E-state index contributed by atoms with van der Waals surface area (Å²) < 4.78 is 15.7. The van der Waals surface area contributed by atoms with Crippen molar-refractivity contribution < 1.29 is 28.5 Å². The number of methoxy groups -OCH3 is 1. The lowest BCUT2D eigenvalue weighted by molar-refractivity contribution is -0.581. The topological polar surface area (TPSA) is 115 Å². The van der Waals surface area contributed by atoms with Gasteiger partial charge >= 0.3 is 17.6 Å². The Bertz CT molecular complexity index is 1020. The number of ether oxygens (including phenoxy) is 3. The van der Waals surface area contributed by atoms with Crippen molar-refractivity contribution >= 4 is 23.0 Å². The van der Waals surface area contributed by atoms with Crippen molar-refractivity contribution in [2.75, 3.05) is 13.7 Å². The normalized spacial score (nSPS) is 10.5. The fraction of sp³-hybridized carbons (Fsp3) is 0.211. The summed E-state index contributed by atoms with van der Waals surface area (Å²) in [5.41, 5.74) is 0.169. The number of pyridine rings is 1. The van der Waals surface area contributed by atoms with E-state index in [9.17, 15) is 14.8 Å². The number of carbonyl (C=O) groups excluding carboxylic acids is 2. The van der Waals surface area contributed by atoms with Gasteiger partial charge in [-0.1, -0.05) is 6.07 Å². The quantitative estimate of drug-likeness (QED) is 0.360. The summed E-state index contributed by atoms with van der Waals surface area (Å²) in [5, 5.41) is 12.8. The van der Waals surface area contributed by atoms with Crippen LogP contribution >= 0.6 is 0 Å². The maximum absolute atomic E-state index is 12.8. The van der Waals surface area contributed by atoms with Crippen molar-refractivity contribution in [1.29, 1.82) is 0 Å². The molecule has 0 fully saturated rings. The summed E-state index contributed by atoms with van der Waals surface area (Å²) in [5.74, 6) is -1.13. The summed E-state index contributed by atoms with van der Waals surface area (Å²) in [6.07, 6.45) is 1.45. The second-order valence-corrected chi connectivity index (χ2v) is 5.57. The number of nitrogens with zero attached hydrogens (tertiary/aromatic N) is 3. The standard InChI is InChI=1S/C19H17N3O6/c1-3-27-19(24)17-15(11-28-18(23)14-6-4-5-9-20-14)21-13-8-7-12(26-2)10-16(13)22(17)25/h4-10H,3,11H2,1-2H3. The largest absolute Gasteiger partial charge is 0.618 e. The zero-order chi connectivity index (χ0) is 20.1. The molecule has 9 heteroatoms. The molecule has 0 aliphatic heterocycles. The molecular weight excluding hydrogens is 366 g/mol. The van der Waals surface area contributed by atoms with E-state index in [1.807, 2.05) is 0 Å². The van der Waals surface area contributed by atoms with Crippen molar-refractivity contribution in [1.82, 2.24) is 9.97 Å². The Kier molecular flexibility index (Phi) is 5.64. The molecule has 28 heavy (non-hydrogen) atoms. The molecule has 0 unspecified atom stereocenters. The van der Waals surface area contributed by atoms with Crippen molar-refractivity contribution in [2.45, 2.75) is 13.5 Å². The molecule has 0 saturated carbocycles. The van der Waals surface area contributed by atoms with E-state index >= 15 is 0 Å². The Labute approximate surface area is 160 Å². The van der Waals surface area contributed by atoms with Gasteiger partial charge in [-0.2, -0.15) is 4.73 Å². The van der Waals surface area contributed by atoms with E-state index in [4.69, 9.17) is 14.2 Å². The number of hydrogen-bond donors (Lipinski definition) is 0. The molecule has 0 saturated heterocycles. The van der Waals surface area contributed by atoms with E-state index in [0.717, 1.165) is 0 Å². The predicted octanol–water partition coefficient (Wildman–Crippen LogP) is 1.81. The van der Waals surface area contributed by atoms with Gasteiger partial charge in [-0.25, -0.2) is 19.6 Å². The molecule has 0 atom stereocenters. The average molecular weight is 383 g/mol. The number of rotatable bonds is 6. The molecule has 0 bridgehead atoms. The zero-order valence-corrected chi connectivity index (χ0v) is 15.2. The third-order valence-corrected chi connectivity index (χ3v) is 3.82. The van der Waals surface area contributed by atoms with Crippen LogP contribution < -0.4 is 9.47 Å². The van der Waals surface area contributed by atoms with E-state index < -0.39 is 18.5 Å². The molecule has 0 radical (unpaired) electrons. The SMILES string of the molecule is CCOC(=O)c1c(COC(=O)c2ccccn2)nc2ccc(OC)cc2[n+]1[O-]. The molecule has 0 aliphatic carbocycles. The fourth-order valence-corrected chi connectivity index (χ4v) is 2.52. The van der Waals surface area contributed by atoms with Crippen LogP contribution in [0.5, 0.6) is 5.75 Å². The third kappa shape index (κ3) is 3.83. The van der Waals surface area contributed by atoms with Gasteiger partial charge in [0.15, 0.2) is 5.69 Å². The van der Waals surface area contributed by atoms with Gasteiger partial charge in [0, 0.05) is 6.20 Å². The average Bonchev–Trinajstić information content (AvgIpc) is 2.72. The van der Waals surface area contributed by atoms with Gasteiger partial charge < -0.3 is 19.4 Å². The van der Waals surface area contributed by atoms with Crippen LogP contribution in [0.25, 0.3) is 11.0 Å². The van der Waals surface area contributed by atoms with Gasteiger partial charge in [-0.15, -0.1) is 0 Å². The molecule has 0 aliphatic rings. The van der Waals surface area contributed by atoms with Crippen molar-refractivity contribution in [3.63, 3.8) is 0 Å². The van der Waals surface area contributed by atoms with Gasteiger partial charge in [0.25, 0.3) is 0 Å². The van der Waals surface area contributed by atoms with Crippen LogP contribution in [0.2, 0.25) is 0 Å². The van der Waals surface area contributed by atoms with Crippen LogP contribution in [-0.4, -0.2) is 35.6 Å². The molecule has 0 amide bonds. The Morgan fingerprint density at radius 2 is 1.96 bits per heavy atom. The summed E-state index contributed by atoms with van der Waals surface area (Å²) in [4.78, 5) is 32.7. The van der Waals surface area contributed by atoms with Crippen LogP contribution in [0.3, 0.4) is 0 Å². The van der Waals surface area contributed by atoms with Crippen LogP contribution in [0.15, 0.2) is 42.6 Å². The fourth-order valence-electron chi connectivity index (χ4n) is 2.52. The first kappa shape index (κ1) is 19.0. The van der Waals surface area contributed by atoms with E-state index in [0.29, 0.717) is 16.0 Å². The Hall–Kier alpha value is -3.75. The van der Waals surface area contributed by atoms with Crippen molar-refractivity contribution in [3.05, 3.63) is 64.9 Å². The Morgan fingerprint density at radius 3 is 2.64 bits per heavy atom. The second kappa shape index (κ2) is 8.30. The van der Waals surface area contributed by atoms with E-state index in [2.05, 4.69) is 9.97 Å². The minimum Gasteiger partial charge on any atom is -0.618 e. The number of esters is 2. The first-order chi connectivity index (χ1) is 13.5. The van der Waals surface area contributed by atoms with Crippen molar-refractivity contribution in [2.24, 2.45) is 0 Å². The molecule has 1 aromatic carbocycles.